The molecule has 0 N–H and O–H groups in total. The average molecular weight is 277 g/mol. The molecule has 0 bridgehead atoms. The Morgan fingerprint density at radius 2 is 2.00 bits per heavy atom. The van der Waals surface area contributed by atoms with Gasteiger partial charge >= 0.3 is 0 Å². The first-order chi connectivity index (χ1) is 10.3. The second-order valence-electron chi connectivity index (χ2n) is 4.66. The van der Waals surface area contributed by atoms with Crippen LogP contribution in [0.3, 0.4) is 0 Å². The van der Waals surface area contributed by atoms with Crippen molar-refractivity contribution in [3.05, 3.63) is 70.5 Å². The number of para-hydroxylation sites is 1. The van der Waals surface area contributed by atoms with Crippen molar-refractivity contribution in [2.45, 2.75) is 13.5 Å². The summed E-state index contributed by atoms with van der Waals surface area (Å²) >= 11 is 0. The minimum absolute atomic E-state index is 0.00561. The van der Waals surface area contributed by atoms with Crippen LogP contribution in [0.1, 0.15) is 18.3 Å². The van der Waals surface area contributed by atoms with Crippen molar-refractivity contribution in [3.8, 4) is 0 Å². The number of rotatable bonds is 3. The van der Waals surface area contributed by atoms with Crippen LogP contribution in [0.4, 0.5) is 0 Å². The average Bonchev–Trinajstić information content (AvgIpc) is 2.54. The lowest BCUT2D eigenvalue weighted by atomic mass is 10.2. The number of benzene rings is 1. The highest BCUT2D eigenvalue weighted by Gasteiger charge is 2.06. The predicted molar refractivity (Wildman–Crippen MR) is 84.8 cm³/mol. The summed E-state index contributed by atoms with van der Waals surface area (Å²) in [5, 5.41) is 0.651. The monoisotopic (exact) mass is 277 g/mol. The second kappa shape index (κ2) is 5.71. The Morgan fingerprint density at radius 3 is 2.76 bits per heavy atom. The molecule has 104 valence electrons. The smallest absolute Gasteiger partial charge is 0.261 e. The maximum absolute atomic E-state index is 12.5. The van der Waals surface area contributed by atoms with Gasteiger partial charge in [0.2, 0.25) is 0 Å². The molecule has 1 aromatic carbocycles. The van der Waals surface area contributed by atoms with Crippen LogP contribution in [-0.4, -0.2) is 14.5 Å². The third-order valence-electron chi connectivity index (χ3n) is 3.32. The molecule has 0 radical (unpaired) electrons. The zero-order valence-corrected chi connectivity index (χ0v) is 11.7. The van der Waals surface area contributed by atoms with Gasteiger partial charge in [-0.15, -0.1) is 0 Å². The number of fused-ring (bicyclic) bond motifs is 1. The van der Waals surface area contributed by atoms with Gasteiger partial charge in [-0.25, -0.2) is 4.98 Å². The lowest BCUT2D eigenvalue weighted by molar-refractivity contribution is 0.708. The van der Waals surface area contributed by atoms with E-state index >= 15 is 0 Å². The van der Waals surface area contributed by atoms with Crippen LogP contribution >= 0.6 is 0 Å². The minimum atomic E-state index is -0.00561. The zero-order chi connectivity index (χ0) is 14.7. The number of hydrogen-bond donors (Lipinski definition) is 0. The number of pyridine rings is 1. The lowest BCUT2D eigenvalue weighted by Gasteiger charge is -2.08. The van der Waals surface area contributed by atoms with Crippen LogP contribution in [-0.2, 0) is 6.54 Å². The maximum atomic E-state index is 12.5. The Balaban J connectivity index is 2.14. The summed E-state index contributed by atoms with van der Waals surface area (Å²) in [5.74, 6) is 0.657. The Labute approximate surface area is 122 Å². The molecule has 0 amide bonds. The fourth-order valence-corrected chi connectivity index (χ4v) is 2.26. The molecule has 4 heteroatoms. The summed E-state index contributed by atoms with van der Waals surface area (Å²) in [4.78, 5) is 21.1. The summed E-state index contributed by atoms with van der Waals surface area (Å²) in [6, 6.07) is 11.2. The molecule has 0 aliphatic heterocycles. The maximum Gasteiger partial charge on any atom is 0.261 e. The van der Waals surface area contributed by atoms with Crippen molar-refractivity contribution in [1.82, 2.24) is 14.5 Å². The summed E-state index contributed by atoms with van der Waals surface area (Å²) in [5.41, 5.74) is 1.69. The highest BCUT2D eigenvalue weighted by atomic mass is 16.1. The van der Waals surface area contributed by atoms with Gasteiger partial charge in [-0.2, -0.15) is 0 Å². The summed E-state index contributed by atoms with van der Waals surface area (Å²) in [6.45, 7) is 2.53. The third kappa shape index (κ3) is 2.60. The summed E-state index contributed by atoms with van der Waals surface area (Å²) in [7, 11) is 0. The first-order valence-electron chi connectivity index (χ1n) is 6.87. The minimum Gasteiger partial charge on any atom is -0.293 e. The molecule has 0 unspecified atom stereocenters. The third-order valence-corrected chi connectivity index (χ3v) is 3.32. The normalized spacial score (nSPS) is 11.3. The number of aromatic nitrogens is 3. The van der Waals surface area contributed by atoms with Gasteiger partial charge in [0.05, 0.1) is 10.9 Å². The van der Waals surface area contributed by atoms with E-state index in [1.165, 1.54) is 0 Å². The van der Waals surface area contributed by atoms with E-state index in [-0.39, 0.29) is 5.56 Å². The van der Waals surface area contributed by atoms with Gasteiger partial charge in [0.25, 0.3) is 5.56 Å². The number of nitrogens with zero attached hydrogens (tertiary/aromatic N) is 3. The van der Waals surface area contributed by atoms with Gasteiger partial charge in [0.15, 0.2) is 0 Å². The largest absolute Gasteiger partial charge is 0.293 e. The number of hydrogen-bond acceptors (Lipinski definition) is 3. The fraction of sp³-hybridized carbons (Fsp3) is 0.118. The molecule has 3 aromatic rings. The van der Waals surface area contributed by atoms with Gasteiger partial charge in [-0.3, -0.25) is 14.3 Å². The quantitative estimate of drug-likeness (QED) is 0.739. The van der Waals surface area contributed by atoms with Crippen LogP contribution in [0.2, 0.25) is 0 Å². The van der Waals surface area contributed by atoms with E-state index in [0.717, 1.165) is 11.1 Å². The first-order valence-corrected chi connectivity index (χ1v) is 6.87. The molecule has 0 aliphatic carbocycles. The van der Waals surface area contributed by atoms with Crippen LogP contribution in [0.25, 0.3) is 23.1 Å². The molecule has 0 saturated carbocycles. The molecule has 0 fully saturated rings. The van der Waals surface area contributed by atoms with Crippen LogP contribution in [0.5, 0.6) is 0 Å². The standard InChI is InChI=1S/C17H15N3O/c1-2-20-16(10-9-13-6-5-11-18-12-13)19-15-8-4-3-7-14(15)17(20)21/h3-12H,2H2,1H3. The van der Waals surface area contributed by atoms with Crippen molar-refractivity contribution in [1.29, 1.82) is 0 Å². The molecule has 4 nitrogen and oxygen atoms in total. The Morgan fingerprint density at radius 1 is 1.14 bits per heavy atom. The van der Waals surface area contributed by atoms with Gasteiger partial charge in [0, 0.05) is 18.9 Å². The van der Waals surface area contributed by atoms with Crippen molar-refractivity contribution in [3.63, 3.8) is 0 Å². The van der Waals surface area contributed by atoms with Crippen molar-refractivity contribution >= 4 is 23.1 Å². The van der Waals surface area contributed by atoms with E-state index in [9.17, 15) is 4.79 Å². The molecule has 0 atom stereocenters. The highest BCUT2D eigenvalue weighted by molar-refractivity contribution is 5.79. The van der Waals surface area contributed by atoms with Crippen molar-refractivity contribution in [2.24, 2.45) is 0 Å². The molecule has 21 heavy (non-hydrogen) atoms. The second-order valence-corrected chi connectivity index (χ2v) is 4.66. The van der Waals surface area contributed by atoms with E-state index in [4.69, 9.17) is 0 Å². The van der Waals surface area contributed by atoms with Gasteiger partial charge < -0.3 is 0 Å². The molecular weight excluding hydrogens is 262 g/mol. The molecular formula is C17H15N3O. The lowest BCUT2D eigenvalue weighted by Crippen LogP contribution is -2.22. The molecule has 3 rings (SSSR count). The predicted octanol–water partition coefficient (Wildman–Crippen LogP) is 2.98. The van der Waals surface area contributed by atoms with E-state index in [1.807, 2.05) is 55.5 Å². The first kappa shape index (κ1) is 13.2. The Hall–Kier alpha value is -2.75. The topological polar surface area (TPSA) is 47.8 Å². The van der Waals surface area contributed by atoms with E-state index in [1.54, 1.807) is 17.0 Å². The van der Waals surface area contributed by atoms with E-state index < -0.39 is 0 Å². The van der Waals surface area contributed by atoms with Crippen molar-refractivity contribution in [2.75, 3.05) is 0 Å². The molecule has 0 saturated heterocycles. The van der Waals surface area contributed by atoms with E-state index in [2.05, 4.69) is 9.97 Å². The molecule has 2 aromatic heterocycles. The zero-order valence-electron chi connectivity index (χ0n) is 11.7. The SMILES string of the molecule is CCn1c(C=Cc2cccnc2)nc2ccccc2c1=O. The van der Waals surface area contributed by atoms with Crippen molar-refractivity contribution < 1.29 is 0 Å². The van der Waals surface area contributed by atoms with Crippen LogP contribution in [0, 0.1) is 0 Å². The summed E-state index contributed by atoms with van der Waals surface area (Å²) in [6.07, 6.45) is 7.27. The Bertz CT molecular complexity index is 851. The molecule has 0 aliphatic rings. The molecule has 0 spiro atoms. The van der Waals surface area contributed by atoms with Crippen LogP contribution in [0.15, 0.2) is 53.6 Å². The van der Waals surface area contributed by atoms with Crippen LogP contribution < -0.4 is 5.56 Å². The van der Waals surface area contributed by atoms with Gasteiger partial charge in [0.1, 0.15) is 5.82 Å². The fourth-order valence-electron chi connectivity index (χ4n) is 2.26. The molecule has 2 heterocycles. The van der Waals surface area contributed by atoms with E-state index in [0.29, 0.717) is 17.8 Å². The highest BCUT2D eigenvalue weighted by Crippen LogP contribution is 2.10. The van der Waals surface area contributed by atoms with Gasteiger partial charge in [-0.05, 0) is 42.8 Å². The summed E-state index contributed by atoms with van der Waals surface area (Å²) < 4.78 is 1.68. The Kier molecular flexibility index (Phi) is 3.60. The van der Waals surface area contributed by atoms with Gasteiger partial charge in [-0.1, -0.05) is 18.2 Å².